The Labute approximate surface area is 188 Å². The van der Waals surface area contributed by atoms with Gasteiger partial charge < -0.3 is 14.6 Å². The molecule has 0 bridgehead atoms. The number of nitrogens with zero attached hydrogens (tertiary/aromatic N) is 3. The minimum atomic E-state index is -3.54. The van der Waals surface area contributed by atoms with E-state index in [0.717, 1.165) is 5.56 Å². The number of rotatable bonds is 10. The van der Waals surface area contributed by atoms with Crippen molar-refractivity contribution in [3.05, 3.63) is 79.4 Å². The van der Waals surface area contributed by atoms with E-state index in [1.54, 1.807) is 55.3 Å². The molecule has 0 radical (unpaired) electrons. The van der Waals surface area contributed by atoms with Crippen molar-refractivity contribution in [2.24, 2.45) is 0 Å². The first kappa shape index (κ1) is 23.2. The van der Waals surface area contributed by atoms with E-state index in [-0.39, 0.29) is 17.4 Å². The first-order valence-electron chi connectivity index (χ1n) is 10.2. The van der Waals surface area contributed by atoms with Crippen molar-refractivity contribution in [1.82, 2.24) is 13.9 Å². The van der Waals surface area contributed by atoms with Crippen molar-refractivity contribution in [3.63, 3.8) is 0 Å². The second-order valence-electron chi connectivity index (χ2n) is 6.86. The van der Waals surface area contributed by atoms with Gasteiger partial charge in [0.05, 0.1) is 16.9 Å². The van der Waals surface area contributed by atoms with Crippen LogP contribution in [0.15, 0.2) is 78.7 Å². The lowest BCUT2D eigenvalue weighted by Crippen LogP contribution is -2.30. The van der Waals surface area contributed by atoms with Crippen LogP contribution >= 0.6 is 0 Å². The maximum Gasteiger partial charge on any atom is 0.262 e. The largest absolute Gasteiger partial charge is 0.483 e. The number of nitrogens with one attached hydrogen (secondary N) is 1. The van der Waals surface area contributed by atoms with Crippen LogP contribution in [0.1, 0.15) is 19.4 Å². The number of sulfonamides is 1. The average molecular weight is 455 g/mol. The fourth-order valence-electron chi connectivity index (χ4n) is 3.15. The van der Waals surface area contributed by atoms with Crippen LogP contribution in [-0.2, 0) is 14.8 Å². The molecule has 0 saturated heterocycles. The molecule has 0 unspecified atom stereocenters. The van der Waals surface area contributed by atoms with Crippen molar-refractivity contribution < 1.29 is 17.9 Å². The Balaban J connectivity index is 1.63. The molecule has 0 spiro atoms. The van der Waals surface area contributed by atoms with E-state index in [1.807, 2.05) is 18.2 Å². The van der Waals surface area contributed by atoms with Crippen LogP contribution in [-0.4, -0.2) is 47.9 Å². The highest BCUT2D eigenvalue weighted by atomic mass is 32.2. The van der Waals surface area contributed by atoms with Gasteiger partial charge in [-0.15, -0.1) is 0 Å². The predicted octanol–water partition coefficient (Wildman–Crippen LogP) is 3.45. The van der Waals surface area contributed by atoms with Gasteiger partial charge in [0.2, 0.25) is 10.0 Å². The van der Waals surface area contributed by atoms with E-state index in [4.69, 9.17) is 4.74 Å². The maximum absolute atomic E-state index is 12.6. The number of hydrogen-bond donors (Lipinski definition) is 1. The van der Waals surface area contributed by atoms with E-state index in [0.29, 0.717) is 30.2 Å². The lowest BCUT2D eigenvalue weighted by atomic mass is 10.1. The zero-order chi connectivity index (χ0) is 23.1. The Hall–Kier alpha value is -3.43. The molecule has 0 aliphatic heterocycles. The zero-order valence-electron chi connectivity index (χ0n) is 18.1. The number of benzene rings is 2. The van der Waals surface area contributed by atoms with Gasteiger partial charge in [0.15, 0.2) is 6.61 Å². The van der Waals surface area contributed by atoms with Gasteiger partial charge in [0.25, 0.3) is 5.91 Å². The van der Waals surface area contributed by atoms with Crippen molar-refractivity contribution in [2.75, 3.05) is 25.0 Å². The van der Waals surface area contributed by atoms with Gasteiger partial charge in [-0.25, -0.2) is 13.4 Å². The van der Waals surface area contributed by atoms with Gasteiger partial charge >= 0.3 is 0 Å². The Morgan fingerprint density at radius 1 is 1.12 bits per heavy atom. The first-order chi connectivity index (χ1) is 15.4. The third-order valence-corrected chi connectivity index (χ3v) is 6.92. The Morgan fingerprint density at radius 3 is 2.44 bits per heavy atom. The highest BCUT2D eigenvalue weighted by molar-refractivity contribution is 7.89. The molecular weight excluding hydrogens is 428 g/mol. The fraction of sp³-hybridized carbons (Fsp3) is 0.217. The van der Waals surface area contributed by atoms with Gasteiger partial charge in [-0.05, 0) is 36.4 Å². The number of anilines is 1. The molecule has 1 N–H and O–H groups in total. The standard InChI is InChI=1S/C23H26N4O4S/c1-4-27(5-2)32(29,30)20-12-10-19(11-13-20)25-23(28)16-31-22-9-7-6-8-21(22)18(3)26-15-14-24-17-26/h6-15,17H,3-5,16H2,1-2H3,(H,25,28). The molecular formula is C23H26N4O4S. The highest BCUT2D eigenvalue weighted by Crippen LogP contribution is 2.26. The lowest BCUT2D eigenvalue weighted by Gasteiger charge is -2.18. The van der Waals surface area contributed by atoms with Crippen molar-refractivity contribution in [2.45, 2.75) is 18.7 Å². The van der Waals surface area contributed by atoms with E-state index in [2.05, 4.69) is 16.9 Å². The normalized spacial score (nSPS) is 11.3. The number of hydrogen-bond acceptors (Lipinski definition) is 5. The number of para-hydroxylation sites is 1. The lowest BCUT2D eigenvalue weighted by molar-refractivity contribution is -0.118. The summed E-state index contributed by atoms with van der Waals surface area (Å²) in [5.41, 5.74) is 1.89. The third-order valence-electron chi connectivity index (χ3n) is 4.85. The minimum absolute atomic E-state index is 0.183. The smallest absolute Gasteiger partial charge is 0.262 e. The van der Waals surface area contributed by atoms with Crippen LogP contribution in [0, 0.1) is 0 Å². The van der Waals surface area contributed by atoms with E-state index >= 15 is 0 Å². The van der Waals surface area contributed by atoms with E-state index < -0.39 is 10.0 Å². The second-order valence-corrected chi connectivity index (χ2v) is 8.80. The van der Waals surface area contributed by atoms with Crippen LogP contribution in [0.4, 0.5) is 5.69 Å². The summed E-state index contributed by atoms with van der Waals surface area (Å²) in [5, 5.41) is 2.71. The molecule has 9 heteroatoms. The van der Waals surface area contributed by atoms with Gasteiger partial charge in [-0.3, -0.25) is 4.79 Å². The number of amides is 1. The molecule has 0 fully saturated rings. The summed E-state index contributed by atoms with van der Waals surface area (Å²) in [6, 6.07) is 13.4. The predicted molar refractivity (Wildman–Crippen MR) is 124 cm³/mol. The van der Waals surface area contributed by atoms with Crippen molar-refractivity contribution in [1.29, 1.82) is 0 Å². The summed E-state index contributed by atoms with van der Waals surface area (Å²) < 4.78 is 34.0. The Kier molecular flexibility index (Phi) is 7.45. The number of aromatic nitrogens is 2. The summed E-state index contributed by atoms with van der Waals surface area (Å²) in [6.45, 7) is 8.22. The summed E-state index contributed by atoms with van der Waals surface area (Å²) >= 11 is 0. The monoisotopic (exact) mass is 454 g/mol. The van der Waals surface area contributed by atoms with Gasteiger partial charge in [-0.1, -0.05) is 32.6 Å². The topological polar surface area (TPSA) is 93.5 Å². The molecule has 32 heavy (non-hydrogen) atoms. The quantitative estimate of drug-likeness (QED) is 0.506. The molecule has 3 aromatic rings. The molecule has 0 saturated carbocycles. The molecule has 0 atom stereocenters. The Bertz CT molecular complexity index is 1170. The summed E-state index contributed by atoms with van der Waals surface area (Å²) in [5.74, 6) is 0.148. The number of carbonyl (C=O) groups is 1. The minimum Gasteiger partial charge on any atom is -0.483 e. The van der Waals surface area contributed by atoms with Gasteiger partial charge in [-0.2, -0.15) is 4.31 Å². The molecule has 1 aromatic heterocycles. The molecule has 3 rings (SSSR count). The maximum atomic E-state index is 12.6. The Morgan fingerprint density at radius 2 is 1.81 bits per heavy atom. The summed E-state index contributed by atoms with van der Waals surface area (Å²) in [4.78, 5) is 16.6. The van der Waals surface area contributed by atoms with Crippen LogP contribution in [0.2, 0.25) is 0 Å². The molecule has 0 aliphatic carbocycles. The molecule has 2 aromatic carbocycles. The number of ether oxygens (including phenoxy) is 1. The van der Waals surface area contributed by atoms with Gasteiger partial charge in [0.1, 0.15) is 5.75 Å². The van der Waals surface area contributed by atoms with Crippen molar-refractivity contribution in [3.8, 4) is 5.75 Å². The molecule has 1 amide bonds. The van der Waals surface area contributed by atoms with Crippen LogP contribution in [0.25, 0.3) is 5.70 Å². The van der Waals surface area contributed by atoms with Crippen LogP contribution < -0.4 is 10.1 Å². The molecule has 168 valence electrons. The SMILES string of the molecule is C=C(c1ccccc1OCC(=O)Nc1ccc(S(=O)(=O)N(CC)CC)cc1)n1ccnc1. The first-order valence-corrected chi connectivity index (χ1v) is 11.6. The summed E-state index contributed by atoms with van der Waals surface area (Å²) in [6.07, 6.45) is 5.06. The van der Waals surface area contributed by atoms with Crippen LogP contribution in [0.3, 0.4) is 0 Å². The van der Waals surface area contributed by atoms with E-state index in [1.165, 1.54) is 16.4 Å². The number of carbonyl (C=O) groups excluding carboxylic acids is 1. The fourth-order valence-corrected chi connectivity index (χ4v) is 4.61. The average Bonchev–Trinajstić information content (AvgIpc) is 3.33. The zero-order valence-corrected chi connectivity index (χ0v) is 18.9. The second kappa shape index (κ2) is 10.3. The molecule has 8 nitrogen and oxygen atoms in total. The van der Waals surface area contributed by atoms with Gasteiger partial charge in [0, 0.05) is 36.7 Å². The third kappa shape index (κ3) is 5.24. The number of imidazole rings is 1. The molecule has 1 heterocycles. The van der Waals surface area contributed by atoms with E-state index in [9.17, 15) is 13.2 Å². The van der Waals surface area contributed by atoms with Crippen molar-refractivity contribution >= 4 is 27.3 Å². The molecule has 0 aliphatic rings. The summed E-state index contributed by atoms with van der Waals surface area (Å²) in [7, 11) is -3.54. The van der Waals surface area contributed by atoms with Crippen LogP contribution in [0.5, 0.6) is 5.75 Å². The highest BCUT2D eigenvalue weighted by Gasteiger charge is 2.21.